The Bertz CT molecular complexity index is 744. The van der Waals surface area contributed by atoms with E-state index in [0.717, 1.165) is 5.69 Å². The SMILES string of the molecule is Cc1cc(NC(=O)C(C)Nc2ccc(NC(=O)C(C)(C)C)cc2)on1. The topological polar surface area (TPSA) is 96.3 Å². The molecule has 0 aliphatic rings. The van der Waals surface area contributed by atoms with Gasteiger partial charge in [0.1, 0.15) is 6.04 Å². The van der Waals surface area contributed by atoms with Crippen LogP contribution in [0.25, 0.3) is 0 Å². The number of anilines is 3. The molecule has 1 unspecified atom stereocenters. The Morgan fingerprint density at radius 2 is 1.68 bits per heavy atom. The van der Waals surface area contributed by atoms with Crippen molar-refractivity contribution in [1.82, 2.24) is 5.16 Å². The Hall–Kier alpha value is -2.83. The van der Waals surface area contributed by atoms with Crippen molar-refractivity contribution >= 4 is 29.1 Å². The number of amides is 2. The largest absolute Gasteiger partial charge is 0.374 e. The molecule has 134 valence electrons. The molecule has 2 rings (SSSR count). The van der Waals surface area contributed by atoms with Crippen molar-refractivity contribution in [2.45, 2.75) is 40.7 Å². The molecule has 0 saturated carbocycles. The number of hydrogen-bond acceptors (Lipinski definition) is 5. The van der Waals surface area contributed by atoms with Crippen molar-refractivity contribution in [3.05, 3.63) is 36.0 Å². The van der Waals surface area contributed by atoms with Gasteiger partial charge >= 0.3 is 0 Å². The smallest absolute Gasteiger partial charge is 0.248 e. The third-order valence-corrected chi connectivity index (χ3v) is 3.47. The molecule has 7 heteroatoms. The first-order valence-corrected chi connectivity index (χ1v) is 8.07. The summed E-state index contributed by atoms with van der Waals surface area (Å²) in [4.78, 5) is 24.1. The molecule has 2 aromatic rings. The summed E-state index contributed by atoms with van der Waals surface area (Å²) in [7, 11) is 0. The van der Waals surface area contributed by atoms with Gasteiger partial charge in [-0.3, -0.25) is 14.9 Å². The first kappa shape index (κ1) is 18.5. The molecule has 1 atom stereocenters. The van der Waals surface area contributed by atoms with E-state index >= 15 is 0 Å². The van der Waals surface area contributed by atoms with E-state index in [1.807, 2.05) is 20.8 Å². The lowest BCUT2D eigenvalue weighted by Crippen LogP contribution is -2.31. The second kappa shape index (κ2) is 7.38. The fourth-order valence-corrected chi connectivity index (χ4v) is 1.94. The first-order chi connectivity index (χ1) is 11.6. The second-order valence-corrected chi connectivity index (χ2v) is 6.97. The van der Waals surface area contributed by atoms with Gasteiger partial charge < -0.3 is 15.2 Å². The predicted molar refractivity (Wildman–Crippen MR) is 97.5 cm³/mol. The van der Waals surface area contributed by atoms with Crippen LogP contribution in [0.15, 0.2) is 34.9 Å². The lowest BCUT2D eigenvalue weighted by atomic mass is 9.95. The van der Waals surface area contributed by atoms with Gasteiger partial charge in [0.25, 0.3) is 0 Å². The number of carbonyl (C=O) groups excluding carboxylic acids is 2. The Labute approximate surface area is 147 Å². The van der Waals surface area contributed by atoms with Crippen LogP contribution in [0.1, 0.15) is 33.4 Å². The number of nitrogens with one attached hydrogen (secondary N) is 3. The molecular formula is C18H24N4O3. The maximum Gasteiger partial charge on any atom is 0.248 e. The summed E-state index contributed by atoms with van der Waals surface area (Å²) in [6.45, 7) is 9.09. The van der Waals surface area contributed by atoms with Gasteiger partial charge in [-0.2, -0.15) is 0 Å². The number of hydrogen-bond donors (Lipinski definition) is 3. The number of carbonyl (C=O) groups is 2. The monoisotopic (exact) mass is 344 g/mol. The number of aromatic nitrogens is 1. The summed E-state index contributed by atoms with van der Waals surface area (Å²) in [6.07, 6.45) is 0. The average Bonchev–Trinajstić information content (AvgIpc) is 2.93. The van der Waals surface area contributed by atoms with Gasteiger partial charge in [0, 0.05) is 22.9 Å². The van der Waals surface area contributed by atoms with Gasteiger partial charge in [-0.05, 0) is 38.1 Å². The van der Waals surface area contributed by atoms with Crippen molar-refractivity contribution in [3.8, 4) is 0 Å². The molecular weight excluding hydrogens is 320 g/mol. The van der Waals surface area contributed by atoms with Crippen molar-refractivity contribution in [1.29, 1.82) is 0 Å². The van der Waals surface area contributed by atoms with E-state index in [-0.39, 0.29) is 11.8 Å². The minimum atomic E-state index is -0.472. The van der Waals surface area contributed by atoms with Crippen molar-refractivity contribution < 1.29 is 14.1 Å². The third-order valence-electron chi connectivity index (χ3n) is 3.47. The molecule has 3 N–H and O–H groups in total. The predicted octanol–water partition coefficient (Wildman–Crippen LogP) is 3.41. The molecule has 0 bridgehead atoms. The van der Waals surface area contributed by atoms with Crippen LogP contribution in [0, 0.1) is 12.3 Å². The molecule has 0 fully saturated rings. The first-order valence-electron chi connectivity index (χ1n) is 8.07. The molecule has 0 aliphatic carbocycles. The Morgan fingerprint density at radius 1 is 1.08 bits per heavy atom. The molecule has 1 heterocycles. The zero-order chi connectivity index (χ0) is 18.6. The highest BCUT2D eigenvalue weighted by molar-refractivity contribution is 5.96. The van der Waals surface area contributed by atoms with Gasteiger partial charge in [0.05, 0.1) is 5.69 Å². The number of rotatable bonds is 5. The minimum absolute atomic E-state index is 0.0525. The van der Waals surface area contributed by atoms with Crippen molar-refractivity contribution in [2.75, 3.05) is 16.0 Å². The summed E-state index contributed by atoms with van der Waals surface area (Å²) in [6, 6.07) is 8.37. The highest BCUT2D eigenvalue weighted by Gasteiger charge is 2.21. The van der Waals surface area contributed by atoms with Crippen LogP contribution in [-0.2, 0) is 9.59 Å². The van der Waals surface area contributed by atoms with Crippen LogP contribution in [0.2, 0.25) is 0 Å². The molecule has 0 radical (unpaired) electrons. The van der Waals surface area contributed by atoms with Crippen LogP contribution in [-0.4, -0.2) is 23.0 Å². The quantitative estimate of drug-likeness (QED) is 0.772. The molecule has 2 amide bonds. The molecule has 1 aromatic carbocycles. The molecule has 0 saturated heterocycles. The van der Waals surface area contributed by atoms with E-state index in [2.05, 4.69) is 21.1 Å². The zero-order valence-electron chi connectivity index (χ0n) is 15.1. The highest BCUT2D eigenvalue weighted by atomic mass is 16.5. The summed E-state index contributed by atoms with van der Waals surface area (Å²) in [5.74, 6) is 0.0287. The number of aryl methyl sites for hydroxylation is 1. The lowest BCUT2D eigenvalue weighted by Gasteiger charge is -2.18. The van der Waals surface area contributed by atoms with E-state index in [1.165, 1.54) is 0 Å². The van der Waals surface area contributed by atoms with E-state index in [1.54, 1.807) is 44.2 Å². The molecule has 0 spiro atoms. The second-order valence-electron chi connectivity index (χ2n) is 6.97. The van der Waals surface area contributed by atoms with E-state index in [4.69, 9.17) is 4.52 Å². The fourth-order valence-electron chi connectivity index (χ4n) is 1.94. The summed E-state index contributed by atoms with van der Waals surface area (Å²) < 4.78 is 4.97. The normalized spacial score (nSPS) is 12.4. The van der Waals surface area contributed by atoms with Crippen LogP contribution in [0.3, 0.4) is 0 Å². The fraction of sp³-hybridized carbons (Fsp3) is 0.389. The Morgan fingerprint density at radius 3 is 2.20 bits per heavy atom. The standard InChI is InChI=1S/C18H24N4O3/c1-11-10-15(25-22-11)21-16(23)12(2)19-13-6-8-14(9-7-13)20-17(24)18(3,4)5/h6-10,12,19H,1-5H3,(H,20,24)(H,21,23). The summed E-state index contributed by atoms with van der Waals surface area (Å²) in [5.41, 5.74) is 1.72. The average molecular weight is 344 g/mol. The number of benzene rings is 1. The molecule has 7 nitrogen and oxygen atoms in total. The molecule has 25 heavy (non-hydrogen) atoms. The maximum atomic E-state index is 12.1. The third kappa shape index (κ3) is 5.34. The van der Waals surface area contributed by atoms with E-state index in [0.29, 0.717) is 17.3 Å². The van der Waals surface area contributed by atoms with Crippen LogP contribution < -0.4 is 16.0 Å². The lowest BCUT2D eigenvalue weighted by molar-refractivity contribution is -0.123. The molecule has 0 aliphatic heterocycles. The van der Waals surface area contributed by atoms with Crippen molar-refractivity contribution in [3.63, 3.8) is 0 Å². The van der Waals surface area contributed by atoms with Gasteiger partial charge in [-0.1, -0.05) is 25.9 Å². The number of nitrogens with zero attached hydrogens (tertiary/aromatic N) is 1. The Balaban J connectivity index is 1.91. The van der Waals surface area contributed by atoms with Crippen LogP contribution in [0.5, 0.6) is 0 Å². The summed E-state index contributed by atoms with van der Waals surface area (Å²) in [5, 5.41) is 12.3. The zero-order valence-corrected chi connectivity index (χ0v) is 15.1. The van der Waals surface area contributed by atoms with Crippen molar-refractivity contribution in [2.24, 2.45) is 5.41 Å². The van der Waals surface area contributed by atoms with Gasteiger partial charge in [-0.25, -0.2) is 0 Å². The minimum Gasteiger partial charge on any atom is -0.374 e. The van der Waals surface area contributed by atoms with Crippen LogP contribution in [0.4, 0.5) is 17.3 Å². The Kier molecular flexibility index (Phi) is 5.46. The maximum absolute atomic E-state index is 12.1. The summed E-state index contributed by atoms with van der Waals surface area (Å²) >= 11 is 0. The van der Waals surface area contributed by atoms with Gasteiger partial charge in [-0.15, -0.1) is 0 Å². The van der Waals surface area contributed by atoms with E-state index in [9.17, 15) is 9.59 Å². The van der Waals surface area contributed by atoms with Crippen LogP contribution >= 0.6 is 0 Å². The molecule has 1 aromatic heterocycles. The highest BCUT2D eigenvalue weighted by Crippen LogP contribution is 2.19. The van der Waals surface area contributed by atoms with E-state index < -0.39 is 11.5 Å². The van der Waals surface area contributed by atoms with Gasteiger partial charge in [0.2, 0.25) is 17.7 Å². The van der Waals surface area contributed by atoms with Gasteiger partial charge in [0.15, 0.2) is 0 Å².